The highest BCUT2D eigenvalue weighted by Crippen LogP contribution is 2.34. The Hall–Kier alpha value is -2.07. The van der Waals surface area contributed by atoms with Crippen LogP contribution in [0.15, 0.2) is 17.6 Å². The van der Waals surface area contributed by atoms with Gasteiger partial charge in [0.25, 0.3) is 0 Å². The van der Waals surface area contributed by atoms with Crippen LogP contribution < -0.4 is 11.5 Å². The van der Waals surface area contributed by atoms with Crippen LogP contribution in [0.25, 0.3) is 11.2 Å². The van der Waals surface area contributed by atoms with E-state index in [9.17, 15) is 4.57 Å². The fourth-order valence-electron chi connectivity index (χ4n) is 1.76. The third-order valence-electron chi connectivity index (χ3n) is 2.60. The molecule has 0 amide bonds. The molecule has 0 spiro atoms. The van der Waals surface area contributed by atoms with E-state index in [1.807, 2.05) is 0 Å². The molecule has 0 aliphatic rings. The van der Waals surface area contributed by atoms with E-state index in [-0.39, 0.29) is 11.8 Å². The smallest absolute Gasteiger partial charge is 0.350 e. The first-order valence-electron chi connectivity index (χ1n) is 6.18. The van der Waals surface area contributed by atoms with Crippen molar-refractivity contribution in [3.8, 4) is 0 Å². The summed E-state index contributed by atoms with van der Waals surface area (Å²) in [6.45, 7) is 1.98. The normalized spacial score (nSPS) is 13.2. The lowest BCUT2D eigenvalue weighted by molar-refractivity contribution is 0.0764. The zero-order valence-corrected chi connectivity index (χ0v) is 12.6. The summed E-state index contributed by atoms with van der Waals surface area (Å²) in [5.74, 6) is 0.0976. The summed E-state index contributed by atoms with van der Waals surface area (Å²) in [6, 6.07) is 0. The Morgan fingerprint density at radius 3 is 2.82 bits per heavy atom. The van der Waals surface area contributed by atoms with Crippen molar-refractivity contribution < 1.29 is 19.1 Å². The molecule has 22 heavy (non-hydrogen) atoms. The molecule has 2 aromatic heterocycles. The molecule has 0 radical (unpaired) electrons. The van der Waals surface area contributed by atoms with Crippen LogP contribution in [0, 0.1) is 0 Å². The van der Waals surface area contributed by atoms with Crippen LogP contribution in [0.4, 0.5) is 5.82 Å². The summed E-state index contributed by atoms with van der Waals surface area (Å²) in [5.41, 5.74) is 11.5. The van der Waals surface area contributed by atoms with Crippen LogP contribution in [0.1, 0.15) is 6.92 Å². The number of rotatable bonds is 6. The van der Waals surface area contributed by atoms with E-state index >= 15 is 0 Å². The minimum absolute atomic E-state index is 0.145. The summed E-state index contributed by atoms with van der Waals surface area (Å²) in [5, 5.41) is 0. The molecule has 2 aromatic rings. The molecular formula is C10H16N7O4P. The summed E-state index contributed by atoms with van der Waals surface area (Å²) >= 11 is 0. The third-order valence-corrected chi connectivity index (χ3v) is 3.08. The van der Waals surface area contributed by atoms with Crippen molar-refractivity contribution in [2.75, 3.05) is 6.35 Å². The second-order valence-corrected chi connectivity index (χ2v) is 6.16. The van der Waals surface area contributed by atoms with Gasteiger partial charge in [-0.3, -0.25) is 4.57 Å². The third kappa shape index (κ3) is 4.21. The molecule has 0 saturated heterocycles. The fourth-order valence-corrected chi connectivity index (χ4v) is 2.21. The van der Waals surface area contributed by atoms with E-state index in [2.05, 4.69) is 19.9 Å². The first-order valence-corrected chi connectivity index (χ1v) is 7.97. The molecule has 0 aromatic carbocycles. The maximum atomic E-state index is 10.8. The summed E-state index contributed by atoms with van der Waals surface area (Å²) < 4.78 is 17.5. The minimum Gasteiger partial charge on any atom is -0.370 e. The van der Waals surface area contributed by atoms with Crippen molar-refractivity contribution in [2.45, 2.75) is 19.6 Å². The van der Waals surface area contributed by atoms with E-state index in [4.69, 9.17) is 26.0 Å². The van der Waals surface area contributed by atoms with Gasteiger partial charge >= 0.3 is 7.60 Å². The molecule has 0 fully saturated rings. The van der Waals surface area contributed by atoms with Crippen LogP contribution in [-0.4, -0.2) is 47.7 Å². The van der Waals surface area contributed by atoms with Crippen LogP contribution in [0.2, 0.25) is 0 Å². The number of ether oxygens (including phenoxy) is 1. The van der Waals surface area contributed by atoms with Gasteiger partial charge in [-0.15, -0.1) is 0 Å². The monoisotopic (exact) mass is 329 g/mol. The van der Waals surface area contributed by atoms with Gasteiger partial charge < -0.3 is 30.6 Å². The number of hydrogen-bond acceptors (Lipinski definition) is 6. The molecule has 0 unspecified atom stereocenters. The van der Waals surface area contributed by atoms with Gasteiger partial charge in [-0.1, -0.05) is 0 Å². The van der Waals surface area contributed by atoms with E-state index in [0.717, 1.165) is 0 Å². The highest BCUT2D eigenvalue weighted by Gasteiger charge is 2.17. The Morgan fingerprint density at radius 1 is 1.45 bits per heavy atom. The quantitative estimate of drug-likeness (QED) is 0.302. The van der Waals surface area contributed by atoms with E-state index in [1.165, 1.54) is 12.7 Å². The predicted molar refractivity (Wildman–Crippen MR) is 78.3 cm³/mol. The zero-order valence-electron chi connectivity index (χ0n) is 11.7. The van der Waals surface area contributed by atoms with Crippen molar-refractivity contribution in [2.24, 2.45) is 16.5 Å². The zero-order chi connectivity index (χ0) is 16.3. The maximum Gasteiger partial charge on any atom is 0.350 e. The van der Waals surface area contributed by atoms with Crippen LogP contribution in [0.3, 0.4) is 0 Å². The fraction of sp³-hybridized carbons (Fsp3) is 0.400. The van der Waals surface area contributed by atoms with Gasteiger partial charge in [-0.2, -0.15) is 4.99 Å². The molecular weight excluding hydrogens is 313 g/mol. The van der Waals surface area contributed by atoms with Crippen LogP contribution >= 0.6 is 7.60 Å². The molecule has 6 N–H and O–H groups in total. The maximum absolute atomic E-state index is 10.8. The second kappa shape index (κ2) is 6.36. The first kappa shape index (κ1) is 16.3. The Morgan fingerprint density at radius 2 is 2.18 bits per heavy atom. The topological polar surface area (TPSA) is 175 Å². The number of aromatic nitrogens is 4. The van der Waals surface area contributed by atoms with Gasteiger partial charge in [0.1, 0.15) is 12.7 Å². The average Bonchev–Trinajstić information content (AvgIpc) is 2.80. The van der Waals surface area contributed by atoms with Crippen molar-refractivity contribution >= 4 is 30.5 Å². The van der Waals surface area contributed by atoms with E-state index in [1.54, 1.807) is 11.5 Å². The molecule has 2 rings (SSSR count). The summed E-state index contributed by atoms with van der Waals surface area (Å²) in [6.07, 6.45) is 1.70. The molecule has 0 bridgehead atoms. The molecule has 0 saturated carbocycles. The molecule has 120 valence electrons. The predicted octanol–water partition coefficient (Wildman–Crippen LogP) is -0.728. The number of nitrogens with zero attached hydrogens (tertiary/aromatic N) is 5. The Kier molecular flexibility index (Phi) is 4.71. The molecule has 11 nitrogen and oxygen atoms in total. The minimum atomic E-state index is -4.20. The molecule has 1 atom stereocenters. The number of guanidine groups is 1. The van der Waals surface area contributed by atoms with Crippen molar-refractivity contribution in [1.82, 2.24) is 19.5 Å². The molecule has 0 aliphatic carbocycles. The Balaban J connectivity index is 2.19. The van der Waals surface area contributed by atoms with Gasteiger partial charge in [-0.25, -0.2) is 15.0 Å². The summed E-state index contributed by atoms with van der Waals surface area (Å²) in [7, 11) is -4.20. The van der Waals surface area contributed by atoms with E-state index < -0.39 is 20.0 Å². The van der Waals surface area contributed by atoms with Crippen LogP contribution in [-0.2, 0) is 15.8 Å². The molecule has 2 heterocycles. The largest absolute Gasteiger partial charge is 0.370 e. The highest BCUT2D eigenvalue weighted by molar-refractivity contribution is 7.51. The number of hydrogen-bond donors (Lipinski definition) is 4. The number of fused-ring (bicyclic) bond motifs is 1. The van der Waals surface area contributed by atoms with Gasteiger partial charge in [0, 0.05) is 0 Å². The van der Waals surface area contributed by atoms with Gasteiger partial charge in [0.05, 0.1) is 19.0 Å². The molecule has 0 aliphatic heterocycles. The Labute approximate surface area is 125 Å². The average molecular weight is 329 g/mol. The summed E-state index contributed by atoms with van der Waals surface area (Å²) in [4.78, 5) is 33.6. The van der Waals surface area contributed by atoms with E-state index in [0.29, 0.717) is 17.7 Å². The number of nitrogens with two attached hydrogens (primary N) is 2. The van der Waals surface area contributed by atoms with Gasteiger partial charge in [0.15, 0.2) is 22.9 Å². The standard InChI is InChI=1S/C10H16N7O4P/c1-6(21-5-22(18,19)20)2-17-4-15-7-8(16-10(11)12)13-3-14-9(7)17/h3-4,6H,2,5H2,1H3,(H2,18,19,20)(H4,11,12,13,14,16)/t6-/m1/s1. The second-order valence-electron chi connectivity index (χ2n) is 4.57. The SMILES string of the molecule is C[C@H](Cn1cnc2c(N=C(N)N)ncnc21)OCP(=O)(O)O. The number of aliphatic imine (C=N–C) groups is 1. The van der Waals surface area contributed by atoms with Crippen LogP contribution in [0.5, 0.6) is 0 Å². The van der Waals surface area contributed by atoms with Gasteiger partial charge in [-0.05, 0) is 6.92 Å². The lowest BCUT2D eigenvalue weighted by atomic mass is 10.4. The lowest BCUT2D eigenvalue weighted by Gasteiger charge is -2.14. The van der Waals surface area contributed by atoms with Crippen molar-refractivity contribution in [3.63, 3.8) is 0 Å². The van der Waals surface area contributed by atoms with Gasteiger partial charge in [0.2, 0.25) is 0 Å². The lowest BCUT2D eigenvalue weighted by Crippen LogP contribution is -2.22. The van der Waals surface area contributed by atoms with Crippen molar-refractivity contribution in [1.29, 1.82) is 0 Å². The Bertz CT molecular complexity index is 736. The first-order chi connectivity index (χ1) is 10.3. The molecule has 12 heteroatoms. The number of imidazole rings is 1. The van der Waals surface area contributed by atoms with Crippen molar-refractivity contribution in [3.05, 3.63) is 12.7 Å². The highest BCUT2D eigenvalue weighted by atomic mass is 31.2.